The van der Waals surface area contributed by atoms with Crippen molar-refractivity contribution in [1.29, 1.82) is 0 Å². The van der Waals surface area contributed by atoms with E-state index in [1.54, 1.807) is 9.80 Å². The van der Waals surface area contributed by atoms with Gasteiger partial charge in [-0.25, -0.2) is 0 Å². The average Bonchev–Trinajstić information content (AvgIpc) is 3.49. The molecule has 3 aromatic carbocycles. The minimum atomic E-state index is -2.99. The molecule has 2 fully saturated rings. The Morgan fingerprint density at radius 2 is 1.72 bits per heavy atom. The van der Waals surface area contributed by atoms with E-state index in [2.05, 4.69) is 15.9 Å². The van der Waals surface area contributed by atoms with Gasteiger partial charge < -0.3 is 29.3 Å². The van der Waals surface area contributed by atoms with E-state index < -0.39 is 31.5 Å². The third-order valence-electron chi connectivity index (χ3n) is 10.7. The summed E-state index contributed by atoms with van der Waals surface area (Å²) in [4.78, 5) is 58.6. The Morgan fingerprint density at radius 3 is 2.42 bits per heavy atom. The summed E-state index contributed by atoms with van der Waals surface area (Å²) in [5.41, 5.74) is 2.39. The molecule has 266 valence electrons. The maximum Gasteiger partial charge on any atom is 0.264 e. The zero-order chi connectivity index (χ0) is 35.6. The summed E-state index contributed by atoms with van der Waals surface area (Å²) < 4.78 is 7.72. The second kappa shape index (κ2) is 15.1. The molecule has 2 N–H and O–H groups in total. The fraction of sp³-hybridized carbons (Fsp3) is 0.462. The van der Waals surface area contributed by atoms with Crippen LogP contribution in [-0.4, -0.2) is 66.6 Å². The maximum absolute atomic E-state index is 14.9. The van der Waals surface area contributed by atoms with Gasteiger partial charge >= 0.3 is 0 Å². The number of carbonyl (C=O) groups is 3. The van der Waals surface area contributed by atoms with Crippen LogP contribution in [0.2, 0.25) is 18.6 Å². The number of rotatable bonds is 10. The molecule has 0 radical (unpaired) electrons. The number of carbonyl (C=O) groups excluding carboxylic acids is 3. The second-order valence-corrected chi connectivity index (χ2v) is 19.4. The quantitative estimate of drug-likeness (QED) is 0.228. The minimum absolute atomic E-state index is 0.0200. The van der Waals surface area contributed by atoms with E-state index in [4.69, 9.17) is 4.74 Å². The molecule has 3 heterocycles. The third-order valence-corrected chi connectivity index (χ3v) is 13.7. The van der Waals surface area contributed by atoms with E-state index >= 15 is 0 Å². The monoisotopic (exact) mass is 761 g/mol. The zero-order valence-electron chi connectivity index (χ0n) is 29.2. The number of fused-ring (bicyclic) bond motifs is 2. The lowest BCUT2D eigenvalue weighted by Crippen LogP contribution is -2.46. The lowest BCUT2D eigenvalue weighted by Gasteiger charge is -2.32. The summed E-state index contributed by atoms with van der Waals surface area (Å²) in [5.74, 6) is -0.677. The van der Waals surface area contributed by atoms with Crippen LogP contribution in [0.5, 0.6) is 0 Å². The topological polar surface area (TPSA) is 111 Å². The Bertz CT molecular complexity index is 1700. The van der Waals surface area contributed by atoms with Gasteiger partial charge in [-0.15, -0.1) is 0 Å². The molecule has 0 saturated carbocycles. The van der Waals surface area contributed by atoms with Crippen molar-refractivity contribution in [2.24, 2.45) is 5.92 Å². The van der Waals surface area contributed by atoms with Crippen LogP contribution < -0.4 is 9.80 Å². The van der Waals surface area contributed by atoms with Gasteiger partial charge in [0.25, 0.3) is 5.91 Å². The Morgan fingerprint density at radius 1 is 1.00 bits per heavy atom. The first-order chi connectivity index (χ1) is 23.9. The first kappa shape index (κ1) is 36.4. The molecule has 1 spiro atoms. The van der Waals surface area contributed by atoms with Crippen LogP contribution in [-0.2, 0) is 37.8 Å². The van der Waals surface area contributed by atoms with E-state index in [1.807, 2.05) is 97.7 Å². The van der Waals surface area contributed by atoms with Crippen LogP contribution in [0.1, 0.15) is 62.1 Å². The van der Waals surface area contributed by atoms with Crippen molar-refractivity contribution in [2.75, 3.05) is 29.5 Å². The summed E-state index contributed by atoms with van der Waals surface area (Å²) in [6.45, 7) is 7.00. The Balaban J connectivity index is 1.29. The largest absolute Gasteiger partial charge is 0.432 e. The zero-order valence-corrected chi connectivity index (χ0v) is 31.8. The third kappa shape index (κ3) is 7.21. The molecule has 50 heavy (non-hydrogen) atoms. The van der Waals surface area contributed by atoms with Crippen LogP contribution in [0.25, 0.3) is 0 Å². The Labute approximate surface area is 304 Å². The fourth-order valence-electron chi connectivity index (χ4n) is 8.32. The molecule has 3 aromatic rings. The van der Waals surface area contributed by atoms with Gasteiger partial charge in [-0.3, -0.25) is 14.4 Å². The van der Waals surface area contributed by atoms with Crippen LogP contribution >= 0.6 is 15.9 Å². The number of hydrogen-bond acceptors (Lipinski definition) is 6. The molecule has 4 atom stereocenters. The number of aliphatic hydroxyl groups excluding tert-OH is 1. The Kier molecular flexibility index (Phi) is 11.0. The lowest BCUT2D eigenvalue weighted by atomic mass is 9.82. The van der Waals surface area contributed by atoms with Crippen LogP contribution in [0.3, 0.4) is 0 Å². The van der Waals surface area contributed by atoms with Gasteiger partial charge in [-0.1, -0.05) is 78.2 Å². The highest BCUT2D eigenvalue weighted by Gasteiger charge is 2.66. The predicted molar refractivity (Wildman–Crippen MR) is 200 cm³/mol. The molecule has 0 aromatic heterocycles. The smallest absolute Gasteiger partial charge is 0.264 e. The molecule has 9 nitrogen and oxygen atoms in total. The highest BCUT2D eigenvalue weighted by atomic mass is 79.9. The van der Waals surface area contributed by atoms with Gasteiger partial charge in [-0.2, -0.15) is 0 Å². The van der Waals surface area contributed by atoms with E-state index in [0.29, 0.717) is 26.1 Å². The van der Waals surface area contributed by atoms with E-state index in [1.165, 1.54) is 0 Å². The summed E-state index contributed by atoms with van der Waals surface area (Å²) in [6.07, 6.45) is 3.95. The van der Waals surface area contributed by atoms with Crippen LogP contribution in [0.4, 0.5) is 11.4 Å². The second-order valence-electron chi connectivity index (χ2n) is 14.5. The van der Waals surface area contributed by atoms with Gasteiger partial charge in [0.2, 0.25) is 11.8 Å². The van der Waals surface area contributed by atoms with Crippen LogP contribution in [0.15, 0.2) is 77.3 Å². The molecule has 0 aliphatic carbocycles. The molecule has 3 aliphatic rings. The average molecular weight is 763 g/mol. The number of anilines is 2. The summed E-state index contributed by atoms with van der Waals surface area (Å²) in [7, 11) is -2.99. The van der Waals surface area contributed by atoms with Crippen molar-refractivity contribution in [3.05, 3.63) is 94.0 Å². The van der Waals surface area contributed by atoms with Gasteiger partial charge in [0.05, 0.1) is 31.4 Å². The minimum Gasteiger partial charge on any atom is -0.432 e. The number of halogens is 1. The summed E-state index contributed by atoms with van der Waals surface area (Å²) in [5, 5.41) is 9.82. The Hall–Kier alpha value is -3.35. The molecular weight excluding hydrogens is 714 g/mol. The number of aliphatic hydroxyl groups is 1. The van der Waals surface area contributed by atoms with Crippen molar-refractivity contribution < 1.29 is 29.0 Å². The number of hydrogen-bond donors (Lipinski definition) is 2. The van der Waals surface area contributed by atoms with E-state index in [0.717, 1.165) is 58.2 Å². The van der Waals surface area contributed by atoms with Crippen molar-refractivity contribution in [3.8, 4) is 0 Å². The highest BCUT2D eigenvalue weighted by molar-refractivity contribution is 9.10. The van der Waals surface area contributed by atoms with Crippen LogP contribution in [0, 0.1) is 5.92 Å². The first-order valence-corrected chi connectivity index (χ1v) is 21.6. The van der Waals surface area contributed by atoms with Crippen molar-refractivity contribution in [2.45, 2.75) is 88.9 Å². The normalized spacial score (nSPS) is 24.0. The highest BCUT2D eigenvalue weighted by Crippen LogP contribution is 2.60. The number of benzene rings is 3. The molecule has 6 rings (SSSR count). The maximum atomic E-state index is 14.9. The fourth-order valence-corrected chi connectivity index (χ4v) is 11.2. The molecule has 3 aliphatic heterocycles. The predicted octanol–water partition coefficient (Wildman–Crippen LogP) is 6.50. The number of nitrogens with zero attached hydrogens (tertiary/aromatic N) is 3. The van der Waals surface area contributed by atoms with Crippen molar-refractivity contribution in [3.63, 3.8) is 0 Å². The van der Waals surface area contributed by atoms with Gasteiger partial charge in [0.15, 0.2) is 13.9 Å². The molecule has 0 unspecified atom stereocenters. The molecule has 11 heteroatoms. The van der Waals surface area contributed by atoms with Gasteiger partial charge in [0.1, 0.15) is 0 Å². The van der Waals surface area contributed by atoms with Gasteiger partial charge in [0, 0.05) is 53.2 Å². The number of ether oxygens (including phenoxy) is 1. The molecule has 2 saturated heterocycles. The van der Waals surface area contributed by atoms with Crippen molar-refractivity contribution in [1.82, 2.24) is 4.90 Å². The first-order valence-electron chi connectivity index (χ1n) is 17.8. The molecular formula is C39H48BrN3O6Si. The lowest BCUT2D eigenvalue weighted by molar-refractivity contribution is -0.150. The van der Waals surface area contributed by atoms with Gasteiger partial charge in [-0.05, 0) is 67.4 Å². The standard InChI is InChI=1S/C39H48BrN3O6Si/c1-27-37(50(2,3)48)34(24-36(46)41(21-22-44)25-28-11-7-6-8-12-28)49-39(27)32-23-30(40)16-19-33(32)43(38(39)47)26-29-14-17-31(18-15-29)42-20-10-5-4-9-13-35(42)45/h6-8,11-12,14-19,23,27,34,37,44,48H,4-5,9-10,13,20-22,24-26H2,1-3H3/t27-,34+,37-,39+/m1/s1. The summed E-state index contributed by atoms with van der Waals surface area (Å²) in [6, 6.07) is 23.3. The van der Waals surface area contributed by atoms with E-state index in [-0.39, 0.29) is 37.3 Å². The molecule has 3 amide bonds. The SMILES string of the molecule is C[C@@H]1[C@@H]([Si](C)(C)O)[C@H](CC(=O)N(CCO)Cc2ccccc2)O[C@@]12C(=O)N(Cc1ccc(N3CCCCCCC3=O)cc1)c1ccc(Br)cc12. The number of amides is 3. The molecule has 0 bridgehead atoms. The van der Waals surface area contributed by atoms with Crippen molar-refractivity contribution >= 4 is 53.3 Å². The summed E-state index contributed by atoms with van der Waals surface area (Å²) >= 11 is 3.62. The van der Waals surface area contributed by atoms with E-state index in [9.17, 15) is 24.3 Å².